The first kappa shape index (κ1) is 17.0. The lowest BCUT2D eigenvalue weighted by molar-refractivity contribution is -0.919. The second kappa shape index (κ2) is 7.81. The molecule has 0 amide bonds. The molecule has 1 fully saturated rings. The number of likely N-dealkylation sites (tertiary alicyclic amines) is 1. The molecule has 24 heavy (non-hydrogen) atoms. The topological polar surface area (TPSA) is 41.6 Å². The van der Waals surface area contributed by atoms with Gasteiger partial charge in [0.15, 0.2) is 16.9 Å². The Kier molecular flexibility index (Phi) is 5.53. The number of thiocarbonyl (C=S) groups is 1. The van der Waals surface area contributed by atoms with Gasteiger partial charge in [-0.2, -0.15) is 0 Å². The maximum absolute atomic E-state index is 5.67. The second-order valence-electron chi connectivity index (χ2n) is 6.52. The summed E-state index contributed by atoms with van der Waals surface area (Å²) in [6, 6.07) is 10.6. The third kappa shape index (κ3) is 3.97. The Balaban J connectivity index is 1.62. The van der Waals surface area contributed by atoms with Gasteiger partial charge in [-0.15, -0.1) is 0 Å². The van der Waals surface area contributed by atoms with Gasteiger partial charge in [-0.1, -0.05) is 12.1 Å². The Morgan fingerprint density at radius 2 is 2.00 bits per heavy atom. The van der Waals surface area contributed by atoms with Crippen molar-refractivity contribution >= 4 is 23.0 Å². The predicted molar refractivity (Wildman–Crippen MR) is 102 cm³/mol. The molecule has 128 valence electrons. The van der Waals surface area contributed by atoms with E-state index in [2.05, 4.69) is 42.7 Å². The van der Waals surface area contributed by atoms with E-state index in [0.29, 0.717) is 11.2 Å². The van der Waals surface area contributed by atoms with Gasteiger partial charge in [0.25, 0.3) is 0 Å². The summed E-state index contributed by atoms with van der Waals surface area (Å²) in [5.74, 6) is 1.04. The molecule has 0 bridgehead atoms. The van der Waals surface area contributed by atoms with Crippen molar-refractivity contribution in [3.05, 3.63) is 53.5 Å². The normalized spacial score (nSPS) is 16.1. The number of aryl methyl sites for hydroxylation is 1. The minimum Gasteiger partial charge on any atom is -0.463 e. The van der Waals surface area contributed by atoms with E-state index < -0.39 is 0 Å². The van der Waals surface area contributed by atoms with Crippen LogP contribution in [-0.2, 0) is 0 Å². The molecule has 3 N–H and O–H groups in total. The maximum Gasteiger partial charge on any atom is 0.171 e. The van der Waals surface area contributed by atoms with Crippen LogP contribution in [0.15, 0.2) is 41.0 Å². The van der Waals surface area contributed by atoms with Crippen LogP contribution in [0, 0.1) is 13.8 Å². The van der Waals surface area contributed by atoms with Gasteiger partial charge >= 0.3 is 0 Å². The standard InChI is InChI=1S/C19H25N3OS/c1-14-7-5-8-16(15(14)2)21-19(24)20-13-17(18-9-6-12-23-18)22-10-3-4-11-22/h5-9,12,17H,3-4,10-11,13H2,1-2H3,(H2,20,21,24)/p+1/t17-/m0/s1. The van der Waals surface area contributed by atoms with Gasteiger partial charge < -0.3 is 20.0 Å². The summed E-state index contributed by atoms with van der Waals surface area (Å²) in [6.07, 6.45) is 4.33. The van der Waals surface area contributed by atoms with Crippen LogP contribution in [0.25, 0.3) is 0 Å². The molecule has 0 radical (unpaired) electrons. The fourth-order valence-electron chi connectivity index (χ4n) is 3.36. The van der Waals surface area contributed by atoms with Crippen molar-refractivity contribution in [2.24, 2.45) is 0 Å². The fourth-order valence-corrected chi connectivity index (χ4v) is 3.55. The van der Waals surface area contributed by atoms with Gasteiger partial charge in [0, 0.05) is 18.5 Å². The first-order valence-electron chi connectivity index (χ1n) is 8.64. The Labute approximate surface area is 149 Å². The first-order chi connectivity index (χ1) is 11.6. The number of anilines is 1. The lowest BCUT2D eigenvalue weighted by Gasteiger charge is -2.24. The smallest absolute Gasteiger partial charge is 0.171 e. The molecule has 0 unspecified atom stereocenters. The first-order valence-corrected chi connectivity index (χ1v) is 9.05. The lowest BCUT2D eigenvalue weighted by Crippen LogP contribution is -3.11. The molecule has 2 heterocycles. The molecule has 5 heteroatoms. The number of quaternary nitrogens is 1. The average Bonchev–Trinajstić information content (AvgIpc) is 3.26. The van der Waals surface area contributed by atoms with E-state index in [1.165, 1.54) is 37.1 Å². The van der Waals surface area contributed by atoms with Gasteiger partial charge in [0.05, 0.1) is 25.9 Å². The number of hydrogen-bond acceptors (Lipinski definition) is 2. The summed E-state index contributed by atoms with van der Waals surface area (Å²) in [4.78, 5) is 1.58. The Morgan fingerprint density at radius 1 is 1.21 bits per heavy atom. The molecular weight excluding hydrogens is 318 g/mol. The van der Waals surface area contributed by atoms with Gasteiger partial charge in [0.2, 0.25) is 0 Å². The molecule has 0 spiro atoms. The largest absolute Gasteiger partial charge is 0.463 e. The predicted octanol–water partition coefficient (Wildman–Crippen LogP) is 2.60. The van der Waals surface area contributed by atoms with Crippen LogP contribution in [-0.4, -0.2) is 24.7 Å². The molecule has 0 saturated carbocycles. The second-order valence-corrected chi connectivity index (χ2v) is 6.92. The molecule has 2 aromatic rings. The molecule has 3 rings (SSSR count). The van der Waals surface area contributed by atoms with E-state index in [0.717, 1.165) is 18.0 Å². The Bertz CT molecular complexity index is 678. The number of nitrogens with one attached hydrogen (secondary N) is 3. The highest BCUT2D eigenvalue weighted by molar-refractivity contribution is 7.80. The maximum atomic E-state index is 5.67. The third-order valence-electron chi connectivity index (χ3n) is 4.94. The van der Waals surface area contributed by atoms with E-state index in [1.54, 1.807) is 11.2 Å². The molecule has 4 nitrogen and oxygen atoms in total. The Hall–Kier alpha value is -1.85. The van der Waals surface area contributed by atoms with Crippen LogP contribution >= 0.6 is 12.2 Å². The minimum atomic E-state index is 0.306. The molecular formula is C19H26N3OS+. The van der Waals surface area contributed by atoms with Crippen molar-refractivity contribution in [2.45, 2.75) is 32.7 Å². The number of furan rings is 1. The molecule has 0 aliphatic carbocycles. The van der Waals surface area contributed by atoms with Crippen molar-refractivity contribution in [1.29, 1.82) is 0 Å². The van der Waals surface area contributed by atoms with E-state index >= 15 is 0 Å². The molecule has 1 aliphatic heterocycles. The summed E-state index contributed by atoms with van der Waals surface area (Å²) < 4.78 is 5.67. The number of benzene rings is 1. The summed E-state index contributed by atoms with van der Waals surface area (Å²) in [5, 5.41) is 7.37. The van der Waals surface area contributed by atoms with Crippen LogP contribution in [0.2, 0.25) is 0 Å². The van der Waals surface area contributed by atoms with E-state index in [-0.39, 0.29) is 0 Å². The number of hydrogen-bond donors (Lipinski definition) is 3. The average molecular weight is 345 g/mol. The monoisotopic (exact) mass is 344 g/mol. The molecule has 1 aromatic heterocycles. The van der Waals surface area contributed by atoms with Crippen molar-refractivity contribution in [2.75, 3.05) is 25.0 Å². The zero-order valence-corrected chi connectivity index (χ0v) is 15.2. The van der Waals surface area contributed by atoms with E-state index in [9.17, 15) is 0 Å². The van der Waals surface area contributed by atoms with Crippen molar-refractivity contribution < 1.29 is 9.32 Å². The summed E-state index contributed by atoms with van der Waals surface area (Å²) in [5.41, 5.74) is 3.56. The summed E-state index contributed by atoms with van der Waals surface area (Å²) in [7, 11) is 0. The van der Waals surface area contributed by atoms with Crippen molar-refractivity contribution in [3.63, 3.8) is 0 Å². The zero-order valence-electron chi connectivity index (χ0n) is 14.4. The van der Waals surface area contributed by atoms with Gasteiger partial charge in [0.1, 0.15) is 0 Å². The number of rotatable bonds is 5. The molecule has 1 saturated heterocycles. The van der Waals surface area contributed by atoms with Gasteiger partial charge in [-0.25, -0.2) is 0 Å². The third-order valence-corrected chi connectivity index (χ3v) is 5.19. The molecule has 1 aromatic carbocycles. The summed E-state index contributed by atoms with van der Waals surface area (Å²) in [6.45, 7) is 7.40. The highest BCUT2D eigenvalue weighted by Crippen LogP contribution is 2.18. The van der Waals surface area contributed by atoms with E-state index in [1.807, 2.05) is 12.1 Å². The van der Waals surface area contributed by atoms with Crippen LogP contribution < -0.4 is 15.5 Å². The van der Waals surface area contributed by atoms with Gasteiger partial charge in [-0.05, 0) is 55.4 Å². The zero-order chi connectivity index (χ0) is 16.9. The summed E-state index contributed by atoms with van der Waals surface area (Å²) >= 11 is 5.50. The lowest BCUT2D eigenvalue weighted by atomic mass is 10.1. The quantitative estimate of drug-likeness (QED) is 0.730. The van der Waals surface area contributed by atoms with Crippen LogP contribution in [0.1, 0.15) is 35.8 Å². The molecule has 1 atom stereocenters. The van der Waals surface area contributed by atoms with Crippen LogP contribution in [0.3, 0.4) is 0 Å². The highest BCUT2D eigenvalue weighted by Gasteiger charge is 2.29. The SMILES string of the molecule is Cc1cccc(NC(=S)NC[C@@H](c2ccco2)[NH+]2CCCC2)c1C. The molecule has 1 aliphatic rings. The van der Waals surface area contributed by atoms with Crippen molar-refractivity contribution in [1.82, 2.24) is 5.32 Å². The van der Waals surface area contributed by atoms with E-state index in [4.69, 9.17) is 16.6 Å². The van der Waals surface area contributed by atoms with Crippen LogP contribution in [0.4, 0.5) is 5.69 Å². The Morgan fingerprint density at radius 3 is 2.71 bits per heavy atom. The highest BCUT2D eigenvalue weighted by atomic mass is 32.1. The van der Waals surface area contributed by atoms with Gasteiger partial charge in [-0.3, -0.25) is 0 Å². The minimum absolute atomic E-state index is 0.306. The van der Waals surface area contributed by atoms with Crippen molar-refractivity contribution in [3.8, 4) is 0 Å². The van der Waals surface area contributed by atoms with Crippen LogP contribution in [0.5, 0.6) is 0 Å². The fraction of sp³-hybridized carbons (Fsp3) is 0.421.